The van der Waals surface area contributed by atoms with Gasteiger partial charge in [0.1, 0.15) is 0 Å². The molecular weight excluding hydrogens is 204 g/mol. The fourth-order valence-corrected chi connectivity index (χ4v) is 2.33. The molecule has 1 rings (SSSR count). The molecule has 0 amide bonds. The van der Waals surface area contributed by atoms with Gasteiger partial charge in [0.25, 0.3) is 0 Å². The maximum atomic E-state index is 9.71. The standard InChI is InChI=1S/C10H13ClOS/c1-2-3-4-5-9(12)10-8(11)6-7-13-10/h2,6-7,9,12H,1,3-5H2. The summed E-state index contributed by atoms with van der Waals surface area (Å²) in [5.41, 5.74) is 0. The van der Waals surface area contributed by atoms with Crippen molar-refractivity contribution in [1.82, 2.24) is 0 Å². The predicted octanol–water partition coefficient (Wildman–Crippen LogP) is 3.79. The Kier molecular flexibility index (Phi) is 4.50. The molecule has 1 nitrogen and oxygen atoms in total. The second-order valence-electron chi connectivity index (χ2n) is 2.87. The van der Waals surface area contributed by atoms with Crippen LogP contribution in [0.5, 0.6) is 0 Å². The van der Waals surface area contributed by atoms with E-state index in [9.17, 15) is 5.11 Å². The summed E-state index contributed by atoms with van der Waals surface area (Å²) in [6.45, 7) is 3.63. The van der Waals surface area contributed by atoms with Gasteiger partial charge in [0, 0.05) is 0 Å². The Bertz CT molecular complexity index is 270. The van der Waals surface area contributed by atoms with Crippen LogP contribution in [0.3, 0.4) is 0 Å². The van der Waals surface area contributed by atoms with Gasteiger partial charge in [-0.05, 0) is 30.7 Å². The average Bonchev–Trinajstić information content (AvgIpc) is 2.52. The van der Waals surface area contributed by atoms with Crippen LogP contribution in [-0.4, -0.2) is 5.11 Å². The van der Waals surface area contributed by atoms with Gasteiger partial charge in [-0.15, -0.1) is 17.9 Å². The lowest BCUT2D eigenvalue weighted by atomic mass is 10.1. The number of rotatable bonds is 5. The molecule has 1 heterocycles. The van der Waals surface area contributed by atoms with Gasteiger partial charge in [0.05, 0.1) is 16.0 Å². The van der Waals surface area contributed by atoms with Gasteiger partial charge in [0.2, 0.25) is 0 Å². The summed E-state index contributed by atoms with van der Waals surface area (Å²) in [4.78, 5) is 0.880. The molecule has 1 unspecified atom stereocenters. The van der Waals surface area contributed by atoms with Crippen molar-refractivity contribution in [3.05, 3.63) is 34.0 Å². The van der Waals surface area contributed by atoms with Crippen LogP contribution < -0.4 is 0 Å². The van der Waals surface area contributed by atoms with E-state index in [1.54, 1.807) is 0 Å². The first-order valence-electron chi connectivity index (χ1n) is 4.27. The SMILES string of the molecule is C=CCCCC(O)c1sccc1Cl. The third-order valence-corrected chi connectivity index (χ3v) is 3.29. The summed E-state index contributed by atoms with van der Waals surface area (Å²) < 4.78 is 0. The van der Waals surface area contributed by atoms with Crippen LogP contribution in [0.2, 0.25) is 5.02 Å². The van der Waals surface area contributed by atoms with E-state index in [4.69, 9.17) is 11.6 Å². The molecule has 0 aliphatic heterocycles. The van der Waals surface area contributed by atoms with Crippen LogP contribution in [0.4, 0.5) is 0 Å². The number of unbranched alkanes of at least 4 members (excludes halogenated alkanes) is 1. The van der Waals surface area contributed by atoms with Crippen LogP contribution in [0, 0.1) is 0 Å². The quantitative estimate of drug-likeness (QED) is 0.587. The highest BCUT2D eigenvalue weighted by molar-refractivity contribution is 7.10. The Morgan fingerprint density at radius 2 is 2.46 bits per heavy atom. The number of allylic oxidation sites excluding steroid dienone is 1. The molecule has 0 radical (unpaired) electrons. The molecule has 0 aliphatic rings. The first kappa shape index (κ1) is 10.8. The molecule has 0 spiro atoms. The van der Waals surface area contributed by atoms with E-state index in [-0.39, 0.29) is 0 Å². The zero-order valence-corrected chi connectivity index (χ0v) is 8.94. The van der Waals surface area contributed by atoms with Crippen molar-refractivity contribution in [2.45, 2.75) is 25.4 Å². The molecule has 1 N–H and O–H groups in total. The van der Waals surface area contributed by atoms with Gasteiger partial charge in [0.15, 0.2) is 0 Å². The summed E-state index contributed by atoms with van der Waals surface area (Å²) in [6.07, 6.45) is 4.11. The van der Waals surface area contributed by atoms with Gasteiger partial charge in [-0.25, -0.2) is 0 Å². The smallest absolute Gasteiger partial charge is 0.0897 e. The van der Waals surface area contributed by atoms with Crippen molar-refractivity contribution >= 4 is 22.9 Å². The van der Waals surface area contributed by atoms with E-state index < -0.39 is 6.10 Å². The molecule has 1 atom stereocenters. The second-order valence-corrected chi connectivity index (χ2v) is 4.22. The van der Waals surface area contributed by atoms with Crippen LogP contribution in [0.15, 0.2) is 24.1 Å². The van der Waals surface area contributed by atoms with Crippen LogP contribution in [0.1, 0.15) is 30.2 Å². The lowest BCUT2D eigenvalue weighted by molar-refractivity contribution is 0.169. The monoisotopic (exact) mass is 216 g/mol. The minimum atomic E-state index is -0.410. The number of hydrogen-bond donors (Lipinski definition) is 1. The molecule has 3 heteroatoms. The van der Waals surface area contributed by atoms with Crippen molar-refractivity contribution in [2.75, 3.05) is 0 Å². The molecule has 13 heavy (non-hydrogen) atoms. The topological polar surface area (TPSA) is 20.2 Å². The first-order chi connectivity index (χ1) is 6.25. The largest absolute Gasteiger partial charge is 0.388 e. The van der Waals surface area contributed by atoms with Gasteiger partial charge in [-0.2, -0.15) is 0 Å². The van der Waals surface area contributed by atoms with Crippen molar-refractivity contribution < 1.29 is 5.11 Å². The van der Waals surface area contributed by atoms with E-state index in [1.807, 2.05) is 17.5 Å². The number of hydrogen-bond acceptors (Lipinski definition) is 2. The summed E-state index contributed by atoms with van der Waals surface area (Å²) in [7, 11) is 0. The molecule has 1 aromatic heterocycles. The van der Waals surface area contributed by atoms with Crippen molar-refractivity contribution in [2.24, 2.45) is 0 Å². The highest BCUT2D eigenvalue weighted by Crippen LogP contribution is 2.31. The predicted molar refractivity (Wildman–Crippen MR) is 58.3 cm³/mol. The van der Waals surface area contributed by atoms with Gasteiger partial charge >= 0.3 is 0 Å². The van der Waals surface area contributed by atoms with Crippen LogP contribution >= 0.6 is 22.9 Å². The second kappa shape index (κ2) is 5.43. The van der Waals surface area contributed by atoms with E-state index in [0.29, 0.717) is 5.02 Å². The average molecular weight is 217 g/mol. The minimum absolute atomic E-state index is 0.410. The van der Waals surface area contributed by atoms with E-state index in [0.717, 1.165) is 24.1 Å². The molecule has 0 aliphatic carbocycles. The summed E-state index contributed by atoms with van der Waals surface area (Å²) in [5.74, 6) is 0. The maximum absolute atomic E-state index is 9.71. The molecule has 0 aromatic carbocycles. The first-order valence-corrected chi connectivity index (χ1v) is 5.53. The third-order valence-electron chi connectivity index (χ3n) is 1.83. The molecule has 72 valence electrons. The Balaban J connectivity index is 2.44. The Morgan fingerprint density at radius 1 is 1.69 bits per heavy atom. The van der Waals surface area contributed by atoms with E-state index >= 15 is 0 Å². The highest BCUT2D eigenvalue weighted by atomic mass is 35.5. The Labute approximate surface area is 87.7 Å². The zero-order chi connectivity index (χ0) is 9.68. The Morgan fingerprint density at radius 3 is 3.00 bits per heavy atom. The number of aliphatic hydroxyl groups is 1. The fourth-order valence-electron chi connectivity index (χ4n) is 1.13. The Hall–Kier alpha value is -0.310. The zero-order valence-electron chi connectivity index (χ0n) is 7.37. The molecular formula is C10H13ClOS. The van der Waals surface area contributed by atoms with Crippen molar-refractivity contribution in [3.63, 3.8) is 0 Å². The van der Waals surface area contributed by atoms with Gasteiger partial charge in [-0.3, -0.25) is 0 Å². The molecule has 0 saturated heterocycles. The fraction of sp³-hybridized carbons (Fsp3) is 0.400. The minimum Gasteiger partial charge on any atom is -0.388 e. The summed E-state index contributed by atoms with van der Waals surface area (Å²) in [6, 6.07) is 1.82. The number of aliphatic hydroxyl groups excluding tert-OH is 1. The third kappa shape index (κ3) is 3.14. The normalized spacial score (nSPS) is 12.8. The number of thiophene rings is 1. The van der Waals surface area contributed by atoms with Gasteiger partial charge < -0.3 is 5.11 Å². The lowest BCUT2D eigenvalue weighted by Crippen LogP contribution is -1.94. The molecule has 0 saturated carbocycles. The number of halogens is 1. The lowest BCUT2D eigenvalue weighted by Gasteiger charge is -2.07. The molecule has 1 aromatic rings. The molecule has 0 bridgehead atoms. The van der Waals surface area contributed by atoms with E-state index in [1.165, 1.54) is 11.3 Å². The highest BCUT2D eigenvalue weighted by Gasteiger charge is 2.11. The maximum Gasteiger partial charge on any atom is 0.0897 e. The van der Waals surface area contributed by atoms with Crippen molar-refractivity contribution in [3.8, 4) is 0 Å². The van der Waals surface area contributed by atoms with Crippen LogP contribution in [0.25, 0.3) is 0 Å². The van der Waals surface area contributed by atoms with Crippen LogP contribution in [-0.2, 0) is 0 Å². The van der Waals surface area contributed by atoms with Gasteiger partial charge in [-0.1, -0.05) is 17.7 Å². The summed E-state index contributed by atoms with van der Waals surface area (Å²) in [5, 5.41) is 12.3. The molecule has 0 fully saturated rings. The summed E-state index contributed by atoms with van der Waals surface area (Å²) >= 11 is 7.39. The van der Waals surface area contributed by atoms with Crippen molar-refractivity contribution in [1.29, 1.82) is 0 Å². The van der Waals surface area contributed by atoms with E-state index in [2.05, 4.69) is 6.58 Å².